The number of anilines is 1. The van der Waals surface area contributed by atoms with Crippen LogP contribution in [0.2, 0.25) is 0 Å². The zero-order valence-corrected chi connectivity index (χ0v) is 10.7. The van der Waals surface area contributed by atoms with Crippen LogP contribution in [0, 0.1) is 6.92 Å². The van der Waals surface area contributed by atoms with Gasteiger partial charge in [0, 0.05) is 12.6 Å². The molecular formula is C10H14BrN3O2. The van der Waals surface area contributed by atoms with E-state index in [1.54, 1.807) is 0 Å². The van der Waals surface area contributed by atoms with Crippen LogP contribution in [0.3, 0.4) is 0 Å². The van der Waals surface area contributed by atoms with Gasteiger partial charge in [-0.15, -0.1) is 0 Å². The minimum Gasteiger partial charge on any atom is -0.376 e. The van der Waals surface area contributed by atoms with Gasteiger partial charge in [-0.2, -0.15) is 0 Å². The van der Waals surface area contributed by atoms with Crippen molar-refractivity contribution in [3.05, 3.63) is 16.5 Å². The Hall–Kier alpha value is -0.720. The summed E-state index contributed by atoms with van der Waals surface area (Å²) in [7, 11) is 0. The van der Waals surface area contributed by atoms with E-state index in [0.717, 1.165) is 16.2 Å². The van der Waals surface area contributed by atoms with E-state index in [2.05, 4.69) is 31.2 Å². The SMILES string of the molecule is Cc1nc(Br)cc(NCC2COCCO2)n1. The molecule has 0 saturated carbocycles. The second kappa shape index (κ2) is 5.56. The summed E-state index contributed by atoms with van der Waals surface area (Å²) in [5.41, 5.74) is 0. The largest absolute Gasteiger partial charge is 0.376 e. The van der Waals surface area contributed by atoms with E-state index >= 15 is 0 Å². The molecule has 1 unspecified atom stereocenters. The molecule has 1 saturated heterocycles. The lowest BCUT2D eigenvalue weighted by atomic mass is 10.3. The maximum atomic E-state index is 5.52. The molecule has 1 aliphatic heterocycles. The molecule has 1 aromatic rings. The number of ether oxygens (including phenoxy) is 2. The minimum absolute atomic E-state index is 0.0998. The summed E-state index contributed by atoms with van der Waals surface area (Å²) in [6.45, 7) is 4.55. The van der Waals surface area contributed by atoms with Crippen molar-refractivity contribution in [2.75, 3.05) is 31.7 Å². The molecule has 0 aromatic carbocycles. The predicted octanol–water partition coefficient (Wildman–Crippen LogP) is 1.37. The summed E-state index contributed by atoms with van der Waals surface area (Å²) >= 11 is 3.33. The summed E-state index contributed by atoms with van der Waals surface area (Å²) in [6.07, 6.45) is 0.0998. The van der Waals surface area contributed by atoms with E-state index in [0.29, 0.717) is 26.4 Å². The molecule has 1 aliphatic rings. The number of aromatic nitrogens is 2. The quantitative estimate of drug-likeness (QED) is 0.851. The van der Waals surface area contributed by atoms with Crippen molar-refractivity contribution < 1.29 is 9.47 Å². The third kappa shape index (κ3) is 3.40. The molecule has 0 aliphatic carbocycles. The van der Waals surface area contributed by atoms with Gasteiger partial charge >= 0.3 is 0 Å². The molecule has 1 atom stereocenters. The summed E-state index contributed by atoms with van der Waals surface area (Å²) < 4.78 is 11.6. The maximum absolute atomic E-state index is 5.52. The van der Waals surface area contributed by atoms with Crippen LogP contribution in [0.4, 0.5) is 5.82 Å². The third-order valence-electron chi connectivity index (χ3n) is 2.20. The molecule has 1 fully saturated rings. The Morgan fingerprint density at radius 2 is 2.38 bits per heavy atom. The van der Waals surface area contributed by atoms with Crippen LogP contribution in [0.25, 0.3) is 0 Å². The molecule has 6 heteroatoms. The first kappa shape index (κ1) is 11.8. The molecular weight excluding hydrogens is 274 g/mol. The fourth-order valence-electron chi connectivity index (χ4n) is 1.49. The highest BCUT2D eigenvalue weighted by atomic mass is 79.9. The highest BCUT2D eigenvalue weighted by Crippen LogP contribution is 2.12. The first-order chi connectivity index (χ1) is 7.74. The normalized spacial score (nSPS) is 20.8. The fourth-order valence-corrected chi connectivity index (χ4v) is 1.97. The van der Waals surface area contributed by atoms with Gasteiger partial charge < -0.3 is 14.8 Å². The van der Waals surface area contributed by atoms with Gasteiger partial charge in [0.15, 0.2) is 0 Å². The Labute approximate surface area is 103 Å². The van der Waals surface area contributed by atoms with Crippen LogP contribution in [0.15, 0.2) is 10.7 Å². The molecule has 0 amide bonds. The second-order valence-corrected chi connectivity index (χ2v) is 4.38. The lowest BCUT2D eigenvalue weighted by Crippen LogP contribution is -2.34. The standard InChI is InChI=1S/C10H14BrN3O2/c1-7-13-9(11)4-10(14-7)12-5-8-6-15-2-3-16-8/h4,8H,2-3,5-6H2,1H3,(H,12,13,14). The molecule has 0 bridgehead atoms. The number of aryl methyl sites for hydroxylation is 1. The second-order valence-electron chi connectivity index (χ2n) is 3.57. The van der Waals surface area contributed by atoms with E-state index in [9.17, 15) is 0 Å². The van der Waals surface area contributed by atoms with E-state index in [1.807, 2.05) is 13.0 Å². The van der Waals surface area contributed by atoms with E-state index in [-0.39, 0.29) is 6.10 Å². The van der Waals surface area contributed by atoms with Gasteiger partial charge in [0.1, 0.15) is 16.2 Å². The number of hydrogen-bond acceptors (Lipinski definition) is 5. The number of nitrogens with one attached hydrogen (secondary N) is 1. The molecule has 0 spiro atoms. The van der Waals surface area contributed by atoms with Crippen LogP contribution in [-0.2, 0) is 9.47 Å². The summed E-state index contributed by atoms with van der Waals surface area (Å²) in [5, 5.41) is 3.21. The number of rotatable bonds is 3. The molecule has 1 aromatic heterocycles. The van der Waals surface area contributed by atoms with Crippen molar-refractivity contribution in [1.29, 1.82) is 0 Å². The average molecular weight is 288 g/mol. The van der Waals surface area contributed by atoms with Crippen molar-refractivity contribution in [1.82, 2.24) is 9.97 Å². The highest BCUT2D eigenvalue weighted by molar-refractivity contribution is 9.10. The Balaban J connectivity index is 1.88. The van der Waals surface area contributed by atoms with Gasteiger partial charge in [0.2, 0.25) is 0 Å². The maximum Gasteiger partial charge on any atom is 0.130 e. The van der Waals surface area contributed by atoms with Crippen molar-refractivity contribution >= 4 is 21.7 Å². The fraction of sp³-hybridized carbons (Fsp3) is 0.600. The monoisotopic (exact) mass is 287 g/mol. The van der Waals surface area contributed by atoms with Crippen molar-refractivity contribution in [2.24, 2.45) is 0 Å². The number of hydrogen-bond donors (Lipinski definition) is 1. The first-order valence-electron chi connectivity index (χ1n) is 5.18. The van der Waals surface area contributed by atoms with Gasteiger partial charge in [-0.1, -0.05) is 0 Å². The summed E-state index contributed by atoms with van der Waals surface area (Å²) in [6, 6.07) is 1.84. The molecule has 16 heavy (non-hydrogen) atoms. The Kier molecular flexibility index (Phi) is 4.09. The van der Waals surface area contributed by atoms with Crippen molar-refractivity contribution in [3.63, 3.8) is 0 Å². The highest BCUT2D eigenvalue weighted by Gasteiger charge is 2.14. The van der Waals surface area contributed by atoms with E-state index in [1.165, 1.54) is 0 Å². The smallest absolute Gasteiger partial charge is 0.130 e. The molecule has 0 radical (unpaired) electrons. The van der Waals surface area contributed by atoms with Crippen LogP contribution in [0.1, 0.15) is 5.82 Å². The van der Waals surface area contributed by atoms with E-state index in [4.69, 9.17) is 9.47 Å². The lowest BCUT2D eigenvalue weighted by molar-refractivity contribution is -0.0819. The molecule has 5 nitrogen and oxygen atoms in total. The Bertz CT molecular complexity index is 336. The minimum atomic E-state index is 0.0998. The lowest BCUT2D eigenvalue weighted by Gasteiger charge is -2.23. The van der Waals surface area contributed by atoms with Gasteiger partial charge in [-0.3, -0.25) is 0 Å². The van der Waals surface area contributed by atoms with Gasteiger partial charge in [-0.05, 0) is 22.9 Å². The average Bonchev–Trinajstić information content (AvgIpc) is 2.27. The molecule has 2 rings (SSSR count). The summed E-state index contributed by atoms with van der Waals surface area (Å²) in [4.78, 5) is 8.41. The number of halogens is 1. The van der Waals surface area contributed by atoms with Crippen molar-refractivity contribution in [3.8, 4) is 0 Å². The zero-order valence-electron chi connectivity index (χ0n) is 9.07. The first-order valence-corrected chi connectivity index (χ1v) is 5.98. The summed E-state index contributed by atoms with van der Waals surface area (Å²) in [5.74, 6) is 1.53. The number of nitrogens with zero attached hydrogens (tertiary/aromatic N) is 2. The van der Waals surface area contributed by atoms with Gasteiger partial charge in [0.05, 0.1) is 25.9 Å². The van der Waals surface area contributed by atoms with Gasteiger partial charge in [-0.25, -0.2) is 9.97 Å². The van der Waals surface area contributed by atoms with Crippen molar-refractivity contribution in [2.45, 2.75) is 13.0 Å². The van der Waals surface area contributed by atoms with Gasteiger partial charge in [0.25, 0.3) is 0 Å². The van der Waals surface area contributed by atoms with Crippen LogP contribution >= 0.6 is 15.9 Å². The topological polar surface area (TPSA) is 56.3 Å². The molecule has 2 heterocycles. The third-order valence-corrected chi connectivity index (χ3v) is 2.61. The Morgan fingerprint density at radius 1 is 1.50 bits per heavy atom. The predicted molar refractivity (Wildman–Crippen MR) is 63.5 cm³/mol. The van der Waals surface area contributed by atoms with Crippen LogP contribution in [-0.4, -0.2) is 42.4 Å². The van der Waals surface area contributed by atoms with Crippen LogP contribution < -0.4 is 5.32 Å². The van der Waals surface area contributed by atoms with Crippen LogP contribution in [0.5, 0.6) is 0 Å². The molecule has 1 N–H and O–H groups in total. The zero-order chi connectivity index (χ0) is 11.4. The molecule has 88 valence electrons. The Morgan fingerprint density at radius 3 is 3.06 bits per heavy atom. The van der Waals surface area contributed by atoms with E-state index < -0.39 is 0 Å².